The molecule has 0 radical (unpaired) electrons. The largest absolute Gasteiger partial charge is 0.458 e. The normalized spacial score (nSPS) is 11.9. The van der Waals surface area contributed by atoms with Gasteiger partial charge in [0, 0.05) is 6.92 Å². The number of amides is 1. The number of fused-ring (bicyclic) bond motifs is 1. The predicted molar refractivity (Wildman–Crippen MR) is 97.0 cm³/mol. The van der Waals surface area contributed by atoms with Crippen LogP contribution in [0.2, 0.25) is 0 Å². The third kappa shape index (κ3) is 4.64. The van der Waals surface area contributed by atoms with Crippen molar-refractivity contribution < 1.29 is 14.3 Å². The van der Waals surface area contributed by atoms with Crippen molar-refractivity contribution in [2.45, 2.75) is 26.0 Å². The Bertz CT molecular complexity index is 844. The Kier molecular flexibility index (Phi) is 5.40. The van der Waals surface area contributed by atoms with Crippen LogP contribution in [0.3, 0.4) is 0 Å². The number of rotatable bonds is 6. The number of carbonyl (C=O) groups is 2. The van der Waals surface area contributed by atoms with E-state index in [1.165, 1.54) is 18.3 Å². The first-order valence-electron chi connectivity index (χ1n) is 7.94. The zero-order valence-corrected chi connectivity index (χ0v) is 14.6. The van der Waals surface area contributed by atoms with Crippen LogP contribution in [0.4, 0.5) is 0 Å². The summed E-state index contributed by atoms with van der Waals surface area (Å²) in [5.74, 6) is -0.560. The second kappa shape index (κ2) is 7.90. The highest BCUT2D eigenvalue weighted by Gasteiger charge is 2.18. The topological polar surface area (TPSA) is 68.3 Å². The van der Waals surface area contributed by atoms with Crippen molar-refractivity contribution >= 4 is 33.4 Å². The number of carbonyl (C=O) groups excluding carboxylic acids is 2. The molecule has 0 bridgehead atoms. The van der Waals surface area contributed by atoms with Crippen LogP contribution in [-0.4, -0.2) is 16.9 Å². The van der Waals surface area contributed by atoms with Gasteiger partial charge in [-0.25, -0.2) is 4.98 Å². The van der Waals surface area contributed by atoms with Gasteiger partial charge in [0.05, 0.1) is 22.7 Å². The van der Waals surface area contributed by atoms with Crippen LogP contribution >= 0.6 is 11.3 Å². The molecule has 3 rings (SSSR count). The van der Waals surface area contributed by atoms with Crippen molar-refractivity contribution in [3.05, 3.63) is 65.2 Å². The van der Waals surface area contributed by atoms with Crippen molar-refractivity contribution in [3.8, 4) is 0 Å². The number of aromatic nitrogens is 1. The number of hydrogen-bond donors (Lipinski definition) is 1. The molecule has 0 saturated heterocycles. The second-order valence-electron chi connectivity index (χ2n) is 5.60. The van der Waals surface area contributed by atoms with E-state index in [1.54, 1.807) is 0 Å². The van der Waals surface area contributed by atoms with Crippen molar-refractivity contribution in [1.29, 1.82) is 0 Å². The number of nitrogens with zero attached hydrogens (tertiary/aromatic N) is 1. The molecule has 6 heteroatoms. The Labute approximate surface area is 149 Å². The van der Waals surface area contributed by atoms with Gasteiger partial charge < -0.3 is 10.1 Å². The summed E-state index contributed by atoms with van der Waals surface area (Å²) in [6, 6.07) is 16.8. The second-order valence-corrected chi connectivity index (χ2v) is 6.72. The van der Waals surface area contributed by atoms with Gasteiger partial charge in [0.2, 0.25) is 5.91 Å². The Morgan fingerprint density at radius 2 is 1.84 bits per heavy atom. The van der Waals surface area contributed by atoms with Crippen LogP contribution in [0.1, 0.15) is 30.0 Å². The monoisotopic (exact) mass is 354 g/mol. The summed E-state index contributed by atoms with van der Waals surface area (Å²) in [4.78, 5) is 28.1. The first-order chi connectivity index (χ1) is 12.1. The lowest BCUT2D eigenvalue weighted by Crippen LogP contribution is -2.28. The fraction of sp³-hybridized carbons (Fsp3) is 0.211. The average molecular weight is 354 g/mol. The maximum absolute atomic E-state index is 12.2. The van der Waals surface area contributed by atoms with E-state index in [0.717, 1.165) is 20.8 Å². The Morgan fingerprint density at radius 3 is 2.56 bits per heavy atom. The number of nitrogens with one attached hydrogen (secondary N) is 1. The van der Waals surface area contributed by atoms with E-state index in [0.29, 0.717) is 0 Å². The van der Waals surface area contributed by atoms with Gasteiger partial charge in [0.25, 0.3) is 0 Å². The summed E-state index contributed by atoms with van der Waals surface area (Å²) in [5, 5.41) is 3.55. The minimum atomic E-state index is -0.401. The lowest BCUT2D eigenvalue weighted by atomic mass is 10.0. The van der Waals surface area contributed by atoms with Gasteiger partial charge in [-0.3, -0.25) is 9.59 Å². The van der Waals surface area contributed by atoms with Crippen LogP contribution in [0.15, 0.2) is 54.6 Å². The summed E-state index contributed by atoms with van der Waals surface area (Å²) < 4.78 is 6.41. The summed E-state index contributed by atoms with van der Waals surface area (Å²) in [6.07, 6.45) is 0.0779. The number of para-hydroxylation sites is 1. The number of thiazole rings is 1. The highest BCUT2D eigenvalue weighted by Crippen LogP contribution is 2.23. The average Bonchev–Trinajstić information content (AvgIpc) is 3.03. The Balaban J connectivity index is 1.62. The van der Waals surface area contributed by atoms with E-state index in [2.05, 4.69) is 10.3 Å². The molecule has 1 heterocycles. The van der Waals surface area contributed by atoms with E-state index in [-0.39, 0.29) is 24.9 Å². The number of hydrogen-bond acceptors (Lipinski definition) is 5. The van der Waals surface area contributed by atoms with Crippen molar-refractivity contribution in [1.82, 2.24) is 10.3 Å². The van der Waals surface area contributed by atoms with Crippen molar-refractivity contribution in [2.75, 3.05) is 0 Å². The van der Waals surface area contributed by atoms with E-state index in [9.17, 15) is 9.59 Å². The van der Waals surface area contributed by atoms with Gasteiger partial charge in [0.15, 0.2) is 0 Å². The van der Waals surface area contributed by atoms with Gasteiger partial charge in [-0.1, -0.05) is 42.5 Å². The SMILES string of the molecule is CC(=O)N[C@H](CC(=O)OCc1nc2ccccc2s1)c1ccccc1. The molecule has 1 atom stereocenters. The molecule has 1 N–H and O–H groups in total. The molecule has 2 aromatic carbocycles. The standard InChI is InChI=1S/C19H18N2O3S/c1-13(22)20-16(14-7-3-2-4-8-14)11-19(23)24-12-18-21-15-9-5-6-10-17(15)25-18/h2-10,16H,11-12H2,1H3,(H,20,22)/t16-/m1/s1. The van der Waals surface area contributed by atoms with E-state index >= 15 is 0 Å². The zero-order chi connectivity index (χ0) is 17.6. The summed E-state index contributed by atoms with van der Waals surface area (Å²) >= 11 is 1.51. The van der Waals surface area contributed by atoms with E-state index < -0.39 is 6.04 Å². The van der Waals surface area contributed by atoms with Crippen LogP contribution in [0.25, 0.3) is 10.2 Å². The number of benzene rings is 2. The van der Waals surface area contributed by atoms with E-state index in [1.807, 2.05) is 54.6 Å². The van der Waals surface area contributed by atoms with Gasteiger partial charge >= 0.3 is 5.97 Å². The van der Waals surface area contributed by atoms with E-state index in [4.69, 9.17) is 4.74 Å². The molecule has 128 valence electrons. The summed E-state index contributed by atoms with van der Waals surface area (Å²) in [5.41, 5.74) is 1.77. The van der Waals surface area contributed by atoms with Crippen LogP contribution < -0.4 is 5.32 Å². The molecule has 5 nitrogen and oxygen atoms in total. The zero-order valence-electron chi connectivity index (χ0n) is 13.8. The van der Waals surface area contributed by atoms with Crippen LogP contribution in [0.5, 0.6) is 0 Å². The maximum Gasteiger partial charge on any atom is 0.308 e. The fourth-order valence-corrected chi connectivity index (χ4v) is 3.41. The van der Waals surface area contributed by atoms with Gasteiger partial charge in [0.1, 0.15) is 11.6 Å². The van der Waals surface area contributed by atoms with Gasteiger partial charge in [-0.2, -0.15) is 0 Å². The Morgan fingerprint density at radius 1 is 1.12 bits per heavy atom. The summed E-state index contributed by atoms with van der Waals surface area (Å²) in [7, 11) is 0. The molecule has 0 aliphatic heterocycles. The number of ether oxygens (including phenoxy) is 1. The maximum atomic E-state index is 12.2. The first kappa shape index (κ1) is 17.1. The van der Waals surface area contributed by atoms with Gasteiger partial charge in [-0.15, -0.1) is 11.3 Å². The van der Waals surface area contributed by atoms with Crippen LogP contribution in [-0.2, 0) is 20.9 Å². The molecular weight excluding hydrogens is 336 g/mol. The molecule has 0 spiro atoms. The molecule has 1 amide bonds. The van der Waals surface area contributed by atoms with Crippen molar-refractivity contribution in [2.24, 2.45) is 0 Å². The number of esters is 1. The smallest absolute Gasteiger partial charge is 0.308 e. The summed E-state index contributed by atoms with van der Waals surface area (Å²) in [6.45, 7) is 1.57. The molecule has 0 aliphatic carbocycles. The highest BCUT2D eigenvalue weighted by atomic mass is 32.1. The molecule has 0 unspecified atom stereocenters. The quantitative estimate of drug-likeness (QED) is 0.687. The predicted octanol–water partition coefficient (Wildman–Crippen LogP) is 3.61. The lowest BCUT2D eigenvalue weighted by Gasteiger charge is -2.17. The fourth-order valence-electron chi connectivity index (χ4n) is 2.53. The Hall–Kier alpha value is -2.73. The molecule has 3 aromatic rings. The minimum absolute atomic E-state index is 0.0779. The molecule has 0 saturated carbocycles. The van der Waals surface area contributed by atoms with Crippen molar-refractivity contribution in [3.63, 3.8) is 0 Å². The van der Waals surface area contributed by atoms with Crippen LogP contribution in [0, 0.1) is 0 Å². The molecule has 0 fully saturated rings. The highest BCUT2D eigenvalue weighted by molar-refractivity contribution is 7.18. The van der Waals surface area contributed by atoms with Gasteiger partial charge in [-0.05, 0) is 17.7 Å². The third-order valence-corrected chi connectivity index (χ3v) is 4.65. The molecule has 0 aliphatic rings. The minimum Gasteiger partial charge on any atom is -0.458 e. The lowest BCUT2D eigenvalue weighted by molar-refractivity contribution is -0.145. The first-order valence-corrected chi connectivity index (χ1v) is 8.75. The molecule has 25 heavy (non-hydrogen) atoms. The molecule has 1 aromatic heterocycles. The molecular formula is C19H18N2O3S. The third-order valence-electron chi connectivity index (χ3n) is 3.65.